The molecule has 1 unspecified atom stereocenters. The number of ether oxygens (including phenoxy) is 1. The van der Waals surface area contributed by atoms with E-state index in [-0.39, 0.29) is 6.10 Å². The van der Waals surface area contributed by atoms with Gasteiger partial charge in [0.25, 0.3) is 0 Å². The zero-order chi connectivity index (χ0) is 16.9. The average molecular weight is 326 g/mol. The molecule has 1 fully saturated rings. The molecule has 2 aromatic rings. The molecule has 0 aromatic carbocycles. The molecule has 1 aliphatic rings. The molecule has 3 rings (SSSR count). The number of pyridine rings is 2. The summed E-state index contributed by atoms with van der Waals surface area (Å²) in [6.45, 7) is 5.87. The third kappa shape index (κ3) is 4.52. The van der Waals surface area contributed by atoms with E-state index in [1.807, 2.05) is 44.7 Å². The molecule has 24 heavy (non-hydrogen) atoms. The van der Waals surface area contributed by atoms with E-state index < -0.39 is 0 Å². The summed E-state index contributed by atoms with van der Waals surface area (Å²) in [4.78, 5) is 13.3. The number of likely N-dealkylation sites (tertiary alicyclic amines) is 1. The van der Waals surface area contributed by atoms with Crippen molar-refractivity contribution in [3.63, 3.8) is 0 Å². The van der Waals surface area contributed by atoms with Crippen LogP contribution >= 0.6 is 0 Å². The van der Waals surface area contributed by atoms with Crippen LogP contribution in [0.25, 0.3) is 0 Å². The summed E-state index contributed by atoms with van der Waals surface area (Å²) in [6, 6.07) is 8.17. The Balaban J connectivity index is 1.55. The molecule has 1 aliphatic heterocycles. The molecule has 0 amide bonds. The van der Waals surface area contributed by atoms with E-state index >= 15 is 0 Å². The molecule has 0 aliphatic carbocycles. The second-order valence-corrected chi connectivity index (χ2v) is 6.73. The Bertz CT molecular complexity index is 674. The Hall–Kier alpha value is -1.98. The van der Waals surface area contributed by atoms with Gasteiger partial charge in [-0.05, 0) is 45.1 Å². The summed E-state index contributed by atoms with van der Waals surface area (Å²) < 4.78 is 6.18. The van der Waals surface area contributed by atoms with Crippen molar-refractivity contribution in [2.75, 3.05) is 27.2 Å². The Labute approximate surface area is 144 Å². The van der Waals surface area contributed by atoms with E-state index in [4.69, 9.17) is 4.74 Å². The molecule has 0 spiro atoms. The minimum absolute atomic E-state index is 0.247. The predicted octanol–water partition coefficient (Wildman–Crippen LogP) is 2.50. The summed E-state index contributed by atoms with van der Waals surface area (Å²) in [7, 11) is 4.09. The number of hydrogen-bond donors (Lipinski definition) is 0. The standard InChI is InChI=1S/C19H26N4O/c1-15-16(5-4-8-20-15)12-23-10-7-19(14-23)24-18-6-9-21-17(11-18)13-22(2)3/h4-6,8-9,11,19H,7,10,12-14H2,1-3H3. The number of aromatic nitrogens is 2. The molecule has 3 heterocycles. The highest BCUT2D eigenvalue weighted by Crippen LogP contribution is 2.21. The van der Waals surface area contributed by atoms with E-state index in [2.05, 4.69) is 32.8 Å². The van der Waals surface area contributed by atoms with Gasteiger partial charge in [-0.2, -0.15) is 0 Å². The van der Waals surface area contributed by atoms with Crippen LogP contribution < -0.4 is 4.74 Å². The smallest absolute Gasteiger partial charge is 0.123 e. The highest BCUT2D eigenvalue weighted by Gasteiger charge is 2.24. The Morgan fingerprint density at radius 2 is 2.12 bits per heavy atom. The molecule has 128 valence electrons. The van der Waals surface area contributed by atoms with E-state index in [1.165, 1.54) is 5.56 Å². The largest absolute Gasteiger partial charge is 0.489 e. The van der Waals surface area contributed by atoms with Gasteiger partial charge in [-0.15, -0.1) is 0 Å². The molecule has 0 saturated carbocycles. The third-order valence-electron chi connectivity index (χ3n) is 4.31. The van der Waals surface area contributed by atoms with Crippen molar-refractivity contribution in [1.82, 2.24) is 19.8 Å². The monoisotopic (exact) mass is 326 g/mol. The van der Waals surface area contributed by atoms with Gasteiger partial charge in [0.2, 0.25) is 0 Å². The zero-order valence-electron chi connectivity index (χ0n) is 14.8. The first kappa shape index (κ1) is 16.9. The Morgan fingerprint density at radius 3 is 2.92 bits per heavy atom. The quantitative estimate of drug-likeness (QED) is 0.816. The molecule has 1 saturated heterocycles. The van der Waals surface area contributed by atoms with E-state index in [1.54, 1.807) is 0 Å². The highest BCUT2D eigenvalue weighted by molar-refractivity contribution is 5.23. The second-order valence-electron chi connectivity index (χ2n) is 6.73. The summed E-state index contributed by atoms with van der Waals surface area (Å²) in [5.74, 6) is 0.922. The van der Waals surface area contributed by atoms with Crippen LogP contribution in [-0.2, 0) is 13.1 Å². The maximum Gasteiger partial charge on any atom is 0.123 e. The number of rotatable bonds is 6. The molecule has 5 heteroatoms. The molecule has 0 N–H and O–H groups in total. The minimum atomic E-state index is 0.247. The van der Waals surface area contributed by atoms with Gasteiger partial charge in [-0.3, -0.25) is 14.9 Å². The fourth-order valence-corrected chi connectivity index (χ4v) is 3.09. The van der Waals surface area contributed by atoms with Gasteiger partial charge >= 0.3 is 0 Å². The van der Waals surface area contributed by atoms with Gasteiger partial charge in [0, 0.05) is 50.3 Å². The van der Waals surface area contributed by atoms with Crippen molar-refractivity contribution in [3.05, 3.63) is 53.6 Å². The fraction of sp³-hybridized carbons (Fsp3) is 0.474. The van der Waals surface area contributed by atoms with E-state index in [0.717, 1.165) is 49.7 Å². The minimum Gasteiger partial charge on any atom is -0.489 e. The lowest BCUT2D eigenvalue weighted by atomic mass is 10.2. The number of aryl methyl sites for hydroxylation is 1. The van der Waals surface area contributed by atoms with Crippen LogP contribution in [0.3, 0.4) is 0 Å². The van der Waals surface area contributed by atoms with Crippen molar-refractivity contribution in [2.24, 2.45) is 0 Å². The molecular weight excluding hydrogens is 300 g/mol. The van der Waals surface area contributed by atoms with Gasteiger partial charge < -0.3 is 9.64 Å². The molecule has 2 aromatic heterocycles. The van der Waals surface area contributed by atoms with Crippen LogP contribution in [0.15, 0.2) is 36.7 Å². The second kappa shape index (κ2) is 7.73. The third-order valence-corrected chi connectivity index (χ3v) is 4.31. The van der Waals surface area contributed by atoms with Gasteiger partial charge in [0.15, 0.2) is 0 Å². The SMILES string of the molecule is Cc1ncccc1CN1CCC(Oc2ccnc(CN(C)C)c2)C1. The van der Waals surface area contributed by atoms with Crippen LogP contribution in [0.4, 0.5) is 0 Å². The Kier molecular flexibility index (Phi) is 5.43. The van der Waals surface area contributed by atoms with Gasteiger partial charge in [-0.25, -0.2) is 0 Å². The van der Waals surface area contributed by atoms with E-state index in [0.29, 0.717) is 0 Å². The zero-order valence-corrected chi connectivity index (χ0v) is 14.8. The number of nitrogens with zero attached hydrogens (tertiary/aromatic N) is 4. The average Bonchev–Trinajstić information content (AvgIpc) is 2.96. The highest BCUT2D eigenvalue weighted by atomic mass is 16.5. The first-order valence-corrected chi connectivity index (χ1v) is 8.49. The van der Waals surface area contributed by atoms with Crippen LogP contribution in [0, 0.1) is 6.92 Å². The molecule has 0 bridgehead atoms. The van der Waals surface area contributed by atoms with Gasteiger partial charge in [0.1, 0.15) is 11.9 Å². The lowest BCUT2D eigenvalue weighted by Gasteiger charge is -2.18. The van der Waals surface area contributed by atoms with Crippen molar-refractivity contribution in [1.29, 1.82) is 0 Å². The van der Waals surface area contributed by atoms with Crippen LogP contribution in [0.5, 0.6) is 5.75 Å². The summed E-state index contributed by atoms with van der Waals surface area (Å²) in [6.07, 6.45) is 4.99. The summed E-state index contributed by atoms with van der Waals surface area (Å²) in [5.41, 5.74) is 3.46. The molecule has 0 radical (unpaired) electrons. The van der Waals surface area contributed by atoms with E-state index in [9.17, 15) is 0 Å². The maximum atomic E-state index is 6.18. The van der Waals surface area contributed by atoms with Crippen molar-refractivity contribution in [3.8, 4) is 5.75 Å². The lowest BCUT2D eigenvalue weighted by molar-refractivity contribution is 0.197. The number of hydrogen-bond acceptors (Lipinski definition) is 5. The lowest BCUT2D eigenvalue weighted by Crippen LogP contribution is -2.25. The first-order valence-electron chi connectivity index (χ1n) is 8.49. The summed E-state index contributed by atoms with van der Waals surface area (Å²) >= 11 is 0. The fourth-order valence-electron chi connectivity index (χ4n) is 3.09. The van der Waals surface area contributed by atoms with Crippen LogP contribution in [0.2, 0.25) is 0 Å². The molecule has 1 atom stereocenters. The Morgan fingerprint density at radius 1 is 1.25 bits per heavy atom. The van der Waals surface area contributed by atoms with Gasteiger partial charge in [-0.1, -0.05) is 6.07 Å². The van der Waals surface area contributed by atoms with Crippen molar-refractivity contribution >= 4 is 0 Å². The van der Waals surface area contributed by atoms with Crippen molar-refractivity contribution < 1.29 is 4.74 Å². The normalized spacial score (nSPS) is 18.2. The topological polar surface area (TPSA) is 41.5 Å². The first-order chi connectivity index (χ1) is 11.6. The van der Waals surface area contributed by atoms with Crippen molar-refractivity contribution in [2.45, 2.75) is 32.5 Å². The molecular formula is C19H26N4O. The van der Waals surface area contributed by atoms with Gasteiger partial charge in [0.05, 0.1) is 5.69 Å². The molecule has 5 nitrogen and oxygen atoms in total. The summed E-state index contributed by atoms with van der Waals surface area (Å²) in [5, 5.41) is 0. The van der Waals surface area contributed by atoms with Crippen LogP contribution in [-0.4, -0.2) is 53.1 Å². The maximum absolute atomic E-state index is 6.18. The predicted molar refractivity (Wildman–Crippen MR) is 94.9 cm³/mol. The van der Waals surface area contributed by atoms with Crippen LogP contribution in [0.1, 0.15) is 23.4 Å².